The Hall–Kier alpha value is -2.17. The van der Waals surface area contributed by atoms with Crippen molar-refractivity contribution < 1.29 is 19.0 Å². The highest BCUT2D eigenvalue weighted by Gasteiger charge is 2.20. The van der Waals surface area contributed by atoms with Gasteiger partial charge in [0, 0.05) is 0 Å². The number of benzene rings is 1. The van der Waals surface area contributed by atoms with Crippen LogP contribution in [0.1, 0.15) is 37.8 Å². The molecule has 0 saturated heterocycles. The topological polar surface area (TPSA) is 56.8 Å². The molecule has 2 aliphatic heterocycles. The molecular weight excluding hydrogens is 282 g/mol. The number of fused-ring (bicyclic) bond motifs is 1. The molecule has 5 heteroatoms. The van der Waals surface area contributed by atoms with Crippen LogP contribution in [-0.2, 0) is 9.53 Å². The van der Waals surface area contributed by atoms with Crippen molar-refractivity contribution in [1.29, 1.82) is 0 Å². The molecule has 0 radical (unpaired) electrons. The highest BCUT2D eigenvalue weighted by Crippen LogP contribution is 2.33. The van der Waals surface area contributed by atoms with Gasteiger partial charge in [0.05, 0.1) is 12.6 Å². The summed E-state index contributed by atoms with van der Waals surface area (Å²) in [6.07, 6.45) is 4.51. The average Bonchev–Trinajstić information content (AvgIpc) is 2.59. The Labute approximate surface area is 130 Å². The minimum Gasteiger partial charge on any atom is -0.488 e. The van der Waals surface area contributed by atoms with Gasteiger partial charge in [-0.2, -0.15) is 0 Å². The maximum Gasteiger partial charge on any atom is 0.286 e. The summed E-state index contributed by atoms with van der Waals surface area (Å²) in [5, 5.41) is 3.03. The third-order valence-corrected chi connectivity index (χ3v) is 3.84. The molecule has 1 amide bonds. The lowest BCUT2D eigenvalue weighted by Gasteiger charge is -2.23. The number of carbonyl (C=O) groups is 1. The van der Waals surface area contributed by atoms with Crippen LogP contribution in [0.5, 0.6) is 11.5 Å². The number of hydrogen-bond donors (Lipinski definition) is 1. The molecule has 1 aromatic carbocycles. The quantitative estimate of drug-likeness (QED) is 0.929. The Morgan fingerprint density at radius 3 is 2.73 bits per heavy atom. The van der Waals surface area contributed by atoms with Crippen molar-refractivity contribution in [2.45, 2.75) is 32.2 Å². The van der Waals surface area contributed by atoms with Crippen molar-refractivity contribution in [1.82, 2.24) is 5.32 Å². The van der Waals surface area contributed by atoms with Gasteiger partial charge in [-0.05, 0) is 43.0 Å². The summed E-state index contributed by atoms with van der Waals surface area (Å²) in [5.41, 5.74) is 1.01. The van der Waals surface area contributed by atoms with E-state index in [-0.39, 0.29) is 11.9 Å². The standard InChI is InChI=1S/C17H21NO4/c1-2-13(18-17(19)15-5-3-4-8-20-15)12-6-7-14-16(11-12)22-10-9-21-14/h5-7,11,13H,2-4,8-10H2,1H3,(H,18,19). The summed E-state index contributed by atoms with van der Waals surface area (Å²) in [4.78, 5) is 12.3. The third-order valence-electron chi connectivity index (χ3n) is 3.84. The number of amides is 1. The molecule has 0 spiro atoms. The average molecular weight is 303 g/mol. The molecule has 2 aliphatic rings. The number of nitrogens with one attached hydrogen (secondary N) is 1. The Balaban J connectivity index is 1.73. The zero-order chi connectivity index (χ0) is 15.4. The van der Waals surface area contributed by atoms with Crippen LogP contribution in [0, 0.1) is 0 Å². The van der Waals surface area contributed by atoms with E-state index in [1.807, 2.05) is 31.2 Å². The molecule has 0 saturated carbocycles. The van der Waals surface area contributed by atoms with Crippen molar-refractivity contribution in [3.05, 3.63) is 35.6 Å². The Morgan fingerprint density at radius 1 is 1.18 bits per heavy atom. The molecule has 22 heavy (non-hydrogen) atoms. The second-order valence-corrected chi connectivity index (χ2v) is 5.40. The molecule has 118 valence electrons. The smallest absolute Gasteiger partial charge is 0.286 e. The van der Waals surface area contributed by atoms with Gasteiger partial charge in [-0.3, -0.25) is 4.79 Å². The largest absolute Gasteiger partial charge is 0.488 e. The minimum absolute atomic E-state index is 0.0743. The maximum absolute atomic E-state index is 12.3. The van der Waals surface area contributed by atoms with Gasteiger partial charge in [0.2, 0.25) is 0 Å². The van der Waals surface area contributed by atoms with E-state index in [2.05, 4.69) is 5.32 Å². The van der Waals surface area contributed by atoms with Crippen molar-refractivity contribution in [2.75, 3.05) is 19.8 Å². The molecule has 1 unspecified atom stereocenters. The molecule has 0 aliphatic carbocycles. The lowest BCUT2D eigenvalue weighted by atomic mass is 10.0. The summed E-state index contributed by atoms with van der Waals surface area (Å²) in [6.45, 7) is 3.78. The van der Waals surface area contributed by atoms with Gasteiger partial charge in [-0.15, -0.1) is 0 Å². The fraction of sp³-hybridized carbons (Fsp3) is 0.471. The number of ether oxygens (including phenoxy) is 3. The molecule has 2 heterocycles. The van der Waals surface area contributed by atoms with Gasteiger partial charge in [0.15, 0.2) is 17.3 Å². The summed E-state index contributed by atoms with van der Waals surface area (Å²) in [7, 11) is 0. The molecule has 1 aromatic rings. The van der Waals surface area contributed by atoms with E-state index >= 15 is 0 Å². The van der Waals surface area contributed by atoms with Crippen LogP contribution in [0.4, 0.5) is 0 Å². The molecule has 1 atom stereocenters. The number of allylic oxidation sites excluding steroid dienone is 1. The molecule has 1 N–H and O–H groups in total. The molecule has 0 fully saturated rings. The first-order valence-corrected chi connectivity index (χ1v) is 7.81. The fourth-order valence-electron chi connectivity index (χ4n) is 2.64. The first kappa shape index (κ1) is 14.8. The molecular formula is C17H21NO4. The highest BCUT2D eigenvalue weighted by atomic mass is 16.6. The summed E-state index contributed by atoms with van der Waals surface area (Å²) < 4.78 is 16.5. The minimum atomic E-state index is -0.151. The van der Waals surface area contributed by atoms with Crippen molar-refractivity contribution in [3.8, 4) is 11.5 Å². The van der Waals surface area contributed by atoms with Gasteiger partial charge >= 0.3 is 0 Å². The van der Waals surface area contributed by atoms with E-state index in [1.165, 1.54) is 0 Å². The van der Waals surface area contributed by atoms with E-state index in [0.717, 1.165) is 36.3 Å². The predicted octanol–water partition coefficient (Wildman–Crippen LogP) is 2.72. The second kappa shape index (κ2) is 6.73. The number of carbonyl (C=O) groups excluding carboxylic acids is 1. The first-order chi connectivity index (χ1) is 10.8. The van der Waals surface area contributed by atoms with Crippen LogP contribution in [0.3, 0.4) is 0 Å². The predicted molar refractivity (Wildman–Crippen MR) is 81.9 cm³/mol. The SMILES string of the molecule is CCC(NC(=O)C1=CCCCO1)c1ccc2c(c1)OCCO2. The van der Waals surface area contributed by atoms with E-state index in [0.29, 0.717) is 25.6 Å². The van der Waals surface area contributed by atoms with E-state index in [4.69, 9.17) is 14.2 Å². The normalized spacial score (nSPS) is 18.0. The molecule has 3 rings (SSSR count). The fourth-order valence-corrected chi connectivity index (χ4v) is 2.64. The van der Waals surface area contributed by atoms with Gasteiger partial charge in [-0.1, -0.05) is 13.0 Å². The van der Waals surface area contributed by atoms with E-state index in [9.17, 15) is 4.79 Å². The van der Waals surface area contributed by atoms with Crippen molar-refractivity contribution in [2.24, 2.45) is 0 Å². The van der Waals surface area contributed by atoms with Crippen LogP contribution in [0.15, 0.2) is 30.0 Å². The molecule has 0 bridgehead atoms. The Morgan fingerprint density at radius 2 is 2.00 bits per heavy atom. The zero-order valence-corrected chi connectivity index (χ0v) is 12.8. The zero-order valence-electron chi connectivity index (χ0n) is 12.8. The number of hydrogen-bond acceptors (Lipinski definition) is 4. The first-order valence-electron chi connectivity index (χ1n) is 7.81. The molecule has 5 nitrogen and oxygen atoms in total. The van der Waals surface area contributed by atoms with Gasteiger partial charge in [0.25, 0.3) is 5.91 Å². The summed E-state index contributed by atoms with van der Waals surface area (Å²) in [6, 6.07) is 5.74. The molecule has 0 aromatic heterocycles. The summed E-state index contributed by atoms with van der Waals surface area (Å²) >= 11 is 0. The van der Waals surface area contributed by atoms with Crippen LogP contribution in [0.2, 0.25) is 0 Å². The monoisotopic (exact) mass is 303 g/mol. The van der Waals surface area contributed by atoms with E-state index < -0.39 is 0 Å². The van der Waals surface area contributed by atoms with Gasteiger partial charge in [0.1, 0.15) is 13.2 Å². The van der Waals surface area contributed by atoms with Crippen LogP contribution < -0.4 is 14.8 Å². The lowest BCUT2D eigenvalue weighted by Crippen LogP contribution is -2.31. The van der Waals surface area contributed by atoms with Crippen molar-refractivity contribution in [3.63, 3.8) is 0 Å². The van der Waals surface area contributed by atoms with Crippen LogP contribution in [-0.4, -0.2) is 25.7 Å². The lowest BCUT2D eigenvalue weighted by molar-refractivity contribution is -0.122. The van der Waals surface area contributed by atoms with Crippen molar-refractivity contribution >= 4 is 5.91 Å². The van der Waals surface area contributed by atoms with Gasteiger partial charge < -0.3 is 19.5 Å². The van der Waals surface area contributed by atoms with E-state index in [1.54, 1.807) is 0 Å². The van der Waals surface area contributed by atoms with Crippen LogP contribution >= 0.6 is 0 Å². The third kappa shape index (κ3) is 3.18. The van der Waals surface area contributed by atoms with Gasteiger partial charge in [-0.25, -0.2) is 0 Å². The Bertz CT molecular complexity index is 582. The Kier molecular flexibility index (Phi) is 4.51. The summed E-state index contributed by atoms with van der Waals surface area (Å²) in [5.74, 6) is 1.78. The number of rotatable bonds is 4. The van der Waals surface area contributed by atoms with Crippen LogP contribution in [0.25, 0.3) is 0 Å². The second-order valence-electron chi connectivity index (χ2n) is 5.40. The maximum atomic E-state index is 12.3. The highest BCUT2D eigenvalue weighted by molar-refractivity contribution is 5.91.